The maximum absolute atomic E-state index is 9.79. The van der Waals surface area contributed by atoms with Gasteiger partial charge >= 0.3 is 0 Å². The molecule has 1 aliphatic rings. The fourth-order valence-electron chi connectivity index (χ4n) is 1.60. The molecule has 0 amide bonds. The summed E-state index contributed by atoms with van der Waals surface area (Å²) in [7, 11) is 3.08. The Morgan fingerprint density at radius 1 is 1.38 bits per heavy atom. The lowest BCUT2D eigenvalue weighted by Gasteiger charge is -2.12. The van der Waals surface area contributed by atoms with Gasteiger partial charge in [0.05, 0.1) is 13.7 Å². The third-order valence-corrected chi connectivity index (χ3v) is 2.39. The Kier molecular flexibility index (Phi) is 3.17. The van der Waals surface area contributed by atoms with Crippen molar-refractivity contribution < 1.29 is 24.1 Å². The van der Waals surface area contributed by atoms with Gasteiger partial charge in [0.2, 0.25) is 12.5 Å². The number of hydrogen-bond donors (Lipinski definition) is 1. The number of rotatable bonds is 4. The number of fused-ring (bicyclic) bond motifs is 1. The molecular formula is C11H14O5. The Morgan fingerprint density at radius 2 is 2.19 bits per heavy atom. The summed E-state index contributed by atoms with van der Waals surface area (Å²) in [5.41, 5.74) is 0.683. The molecule has 1 aromatic carbocycles. The topological polar surface area (TPSA) is 57.2 Å². The monoisotopic (exact) mass is 226 g/mol. The minimum Gasteiger partial charge on any atom is -0.493 e. The van der Waals surface area contributed by atoms with Gasteiger partial charge in [0.15, 0.2) is 11.5 Å². The van der Waals surface area contributed by atoms with Crippen molar-refractivity contribution in [2.45, 2.75) is 6.10 Å². The first-order valence-corrected chi connectivity index (χ1v) is 4.90. The van der Waals surface area contributed by atoms with Crippen LogP contribution >= 0.6 is 0 Å². The van der Waals surface area contributed by atoms with E-state index < -0.39 is 6.10 Å². The quantitative estimate of drug-likeness (QED) is 0.833. The van der Waals surface area contributed by atoms with E-state index in [2.05, 4.69) is 0 Å². The van der Waals surface area contributed by atoms with Gasteiger partial charge in [-0.2, -0.15) is 0 Å². The highest BCUT2D eigenvalue weighted by Gasteiger charge is 2.22. The van der Waals surface area contributed by atoms with Crippen molar-refractivity contribution in [1.29, 1.82) is 0 Å². The van der Waals surface area contributed by atoms with E-state index in [1.165, 1.54) is 7.11 Å². The largest absolute Gasteiger partial charge is 0.493 e. The van der Waals surface area contributed by atoms with Crippen LogP contribution in [0.1, 0.15) is 11.7 Å². The SMILES string of the molecule is COCC(O)c1cc(OC)c2c(c1)OCO2. The van der Waals surface area contributed by atoms with Gasteiger partial charge in [-0.1, -0.05) is 0 Å². The summed E-state index contributed by atoms with van der Waals surface area (Å²) in [6.45, 7) is 0.401. The molecule has 2 rings (SSSR count). The van der Waals surface area contributed by atoms with Gasteiger partial charge in [0.1, 0.15) is 6.10 Å². The molecule has 0 saturated carbocycles. The van der Waals surface area contributed by atoms with Crippen LogP contribution in [0.3, 0.4) is 0 Å². The maximum Gasteiger partial charge on any atom is 0.231 e. The van der Waals surface area contributed by atoms with Crippen LogP contribution in [0.25, 0.3) is 0 Å². The van der Waals surface area contributed by atoms with Crippen LogP contribution in [-0.2, 0) is 4.74 Å². The van der Waals surface area contributed by atoms with Gasteiger partial charge in [-0.05, 0) is 17.7 Å². The van der Waals surface area contributed by atoms with Gasteiger partial charge in [0, 0.05) is 7.11 Å². The molecule has 1 aliphatic heterocycles. The average Bonchev–Trinajstić information content (AvgIpc) is 2.75. The Hall–Kier alpha value is -1.46. The van der Waals surface area contributed by atoms with Crippen LogP contribution in [-0.4, -0.2) is 32.7 Å². The zero-order chi connectivity index (χ0) is 11.5. The summed E-state index contributed by atoms with van der Waals surface area (Å²) in [5.74, 6) is 1.72. The highest BCUT2D eigenvalue weighted by atomic mass is 16.7. The molecule has 1 unspecified atom stereocenters. The smallest absolute Gasteiger partial charge is 0.231 e. The second-order valence-corrected chi connectivity index (χ2v) is 3.43. The molecule has 1 atom stereocenters. The lowest BCUT2D eigenvalue weighted by molar-refractivity contribution is 0.0641. The van der Waals surface area contributed by atoms with Crippen LogP contribution in [0.2, 0.25) is 0 Å². The molecule has 0 fully saturated rings. The molecule has 0 aliphatic carbocycles. The third kappa shape index (κ3) is 1.91. The third-order valence-electron chi connectivity index (χ3n) is 2.39. The summed E-state index contributed by atoms with van der Waals surface area (Å²) in [6.07, 6.45) is -0.701. The van der Waals surface area contributed by atoms with Crippen molar-refractivity contribution in [2.24, 2.45) is 0 Å². The van der Waals surface area contributed by atoms with Crippen molar-refractivity contribution in [2.75, 3.05) is 27.6 Å². The van der Waals surface area contributed by atoms with Crippen LogP contribution in [0.5, 0.6) is 17.2 Å². The molecule has 0 radical (unpaired) electrons. The number of aliphatic hydroxyl groups is 1. The minimum atomic E-state index is -0.701. The molecule has 0 aromatic heterocycles. The molecule has 16 heavy (non-hydrogen) atoms. The Morgan fingerprint density at radius 3 is 2.88 bits per heavy atom. The molecule has 5 heteroatoms. The van der Waals surface area contributed by atoms with E-state index in [1.807, 2.05) is 0 Å². The second-order valence-electron chi connectivity index (χ2n) is 3.43. The molecule has 0 spiro atoms. The first-order valence-electron chi connectivity index (χ1n) is 4.90. The summed E-state index contributed by atoms with van der Waals surface area (Å²) >= 11 is 0. The summed E-state index contributed by atoms with van der Waals surface area (Å²) in [6, 6.07) is 3.45. The van der Waals surface area contributed by atoms with Gasteiger partial charge in [-0.25, -0.2) is 0 Å². The molecule has 1 heterocycles. The van der Waals surface area contributed by atoms with Crippen molar-refractivity contribution in [3.63, 3.8) is 0 Å². The van der Waals surface area contributed by atoms with E-state index in [4.69, 9.17) is 18.9 Å². The molecular weight excluding hydrogens is 212 g/mol. The maximum atomic E-state index is 9.79. The van der Waals surface area contributed by atoms with E-state index in [0.717, 1.165) is 0 Å². The standard InChI is InChI=1S/C11H14O5/c1-13-5-8(12)7-3-9(14-2)11-10(4-7)15-6-16-11/h3-4,8,12H,5-6H2,1-2H3. The summed E-state index contributed by atoms with van der Waals surface area (Å²) < 4.78 is 20.6. The van der Waals surface area contributed by atoms with E-state index in [-0.39, 0.29) is 13.4 Å². The first-order chi connectivity index (χ1) is 7.76. The Labute approximate surface area is 93.5 Å². The zero-order valence-corrected chi connectivity index (χ0v) is 9.23. The van der Waals surface area contributed by atoms with Gasteiger partial charge < -0.3 is 24.1 Å². The van der Waals surface area contributed by atoms with Crippen LogP contribution in [0.15, 0.2) is 12.1 Å². The Bertz CT molecular complexity index is 377. The van der Waals surface area contributed by atoms with E-state index in [9.17, 15) is 5.11 Å². The van der Waals surface area contributed by atoms with Crippen LogP contribution in [0, 0.1) is 0 Å². The second kappa shape index (κ2) is 4.59. The zero-order valence-electron chi connectivity index (χ0n) is 9.23. The fraction of sp³-hybridized carbons (Fsp3) is 0.455. The van der Waals surface area contributed by atoms with Crippen molar-refractivity contribution in [3.05, 3.63) is 17.7 Å². The van der Waals surface area contributed by atoms with Gasteiger partial charge in [-0.15, -0.1) is 0 Å². The fourth-order valence-corrected chi connectivity index (χ4v) is 1.60. The predicted octanol–water partition coefficient (Wildman–Crippen LogP) is 1.10. The number of benzene rings is 1. The summed E-state index contributed by atoms with van der Waals surface area (Å²) in [4.78, 5) is 0. The number of methoxy groups -OCH3 is 2. The first kappa shape index (κ1) is 11.0. The van der Waals surface area contributed by atoms with Crippen LogP contribution < -0.4 is 14.2 Å². The molecule has 0 bridgehead atoms. The van der Waals surface area contributed by atoms with Gasteiger partial charge in [0.25, 0.3) is 0 Å². The van der Waals surface area contributed by atoms with Gasteiger partial charge in [-0.3, -0.25) is 0 Å². The molecule has 1 N–H and O–H groups in total. The summed E-state index contributed by atoms with van der Waals surface area (Å²) in [5, 5.41) is 9.79. The normalized spacial score (nSPS) is 14.9. The number of ether oxygens (including phenoxy) is 4. The Balaban J connectivity index is 2.34. The molecule has 5 nitrogen and oxygen atoms in total. The lowest BCUT2D eigenvalue weighted by Crippen LogP contribution is -2.05. The highest BCUT2D eigenvalue weighted by molar-refractivity contribution is 5.55. The van der Waals surface area contributed by atoms with Crippen molar-refractivity contribution in [1.82, 2.24) is 0 Å². The van der Waals surface area contributed by atoms with E-state index in [1.54, 1.807) is 19.2 Å². The molecule has 88 valence electrons. The van der Waals surface area contributed by atoms with E-state index >= 15 is 0 Å². The van der Waals surface area contributed by atoms with Crippen molar-refractivity contribution >= 4 is 0 Å². The number of hydrogen-bond acceptors (Lipinski definition) is 5. The highest BCUT2D eigenvalue weighted by Crippen LogP contribution is 2.42. The molecule has 0 saturated heterocycles. The number of aliphatic hydroxyl groups excluding tert-OH is 1. The lowest BCUT2D eigenvalue weighted by atomic mass is 10.1. The van der Waals surface area contributed by atoms with E-state index in [0.29, 0.717) is 22.8 Å². The van der Waals surface area contributed by atoms with Crippen molar-refractivity contribution in [3.8, 4) is 17.2 Å². The predicted molar refractivity (Wildman–Crippen MR) is 56.0 cm³/mol. The van der Waals surface area contributed by atoms with Crippen LogP contribution in [0.4, 0.5) is 0 Å². The minimum absolute atomic E-state index is 0.176. The molecule has 1 aromatic rings. The average molecular weight is 226 g/mol.